The van der Waals surface area contributed by atoms with Crippen molar-refractivity contribution in [3.63, 3.8) is 0 Å². The van der Waals surface area contributed by atoms with Crippen LogP contribution in [0.1, 0.15) is 22.6 Å². The van der Waals surface area contributed by atoms with Gasteiger partial charge in [-0.3, -0.25) is 0 Å². The molecular formula is C16H17FN4. The van der Waals surface area contributed by atoms with Gasteiger partial charge in [-0.15, -0.1) is 0 Å². The molecule has 0 aliphatic heterocycles. The molecule has 0 saturated carbocycles. The molecule has 0 saturated heterocycles. The molecule has 4 nitrogen and oxygen atoms in total. The molecule has 0 amide bonds. The highest BCUT2D eigenvalue weighted by atomic mass is 19.1. The summed E-state index contributed by atoms with van der Waals surface area (Å²) in [5.74, 6) is 0.931. The van der Waals surface area contributed by atoms with Crippen molar-refractivity contribution in [3.8, 4) is 0 Å². The molecule has 1 aromatic carbocycles. The van der Waals surface area contributed by atoms with Crippen molar-refractivity contribution in [1.82, 2.24) is 14.5 Å². The Balaban J connectivity index is 2.18. The Morgan fingerprint density at radius 3 is 2.43 bits per heavy atom. The van der Waals surface area contributed by atoms with Crippen molar-refractivity contribution in [1.29, 1.82) is 0 Å². The Kier molecular flexibility index (Phi) is 3.12. The molecule has 2 aromatic heterocycles. The Morgan fingerprint density at radius 1 is 1.10 bits per heavy atom. The van der Waals surface area contributed by atoms with E-state index in [0.29, 0.717) is 18.2 Å². The third-order valence-corrected chi connectivity index (χ3v) is 3.86. The van der Waals surface area contributed by atoms with Gasteiger partial charge in [0.05, 0.1) is 5.39 Å². The average molecular weight is 284 g/mol. The Labute approximate surface area is 122 Å². The SMILES string of the molecule is Cc1nc(N)c2c(C)c(C)n(Cc3ccc(F)cc3)c2n1. The second kappa shape index (κ2) is 4.84. The molecule has 0 bridgehead atoms. The van der Waals surface area contributed by atoms with Gasteiger partial charge in [0.15, 0.2) is 0 Å². The third kappa shape index (κ3) is 2.24. The van der Waals surface area contributed by atoms with E-state index in [4.69, 9.17) is 5.73 Å². The minimum atomic E-state index is -0.230. The number of benzene rings is 1. The second-order valence-corrected chi connectivity index (χ2v) is 5.28. The maximum absolute atomic E-state index is 13.0. The first-order valence-electron chi connectivity index (χ1n) is 6.81. The summed E-state index contributed by atoms with van der Waals surface area (Å²) in [6.07, 6.45) is 0. The van der Waals surface area contributed by atoms with Crippen molar-refractivity contribution < 1.29 is 4.39 Å². The molecule has 108 valence electrons. The molecule has 2 N–H and O–H groups in total. The molecule has 3 rings (SSSR count). The van der Waals surface area contributed by atoms with E-state index >= 15 is 0 Å². The minimum absolute atomic E-state index is 0.230. The normalized spacial score (nSPS) is 11.2. The van der Waals surface area contributed by atoms with Gasteiger partial charge >= 0.3 is 0 Å². The van der Waals surface area contributed by atoms with E-state index in [1.54, 1.807) is 12.1 Å². The van der Waals surface area contributed by atoms with Gasteiger partial charge < -0.3 is 10.3 Å². The predicted molar refractivity (Wildman–Crippen MR) is 81.7 cm³/mol. The van der Waals surface area contributed by atoms with Crippen LogP contribution in [0.25, 0.3) is 11.0 Å². The minimum Gasteiger partial charge on any atom is -0.383 e. The summed E-state index contributed by atoms with van der Waals surface area (Å²) >= 11 is 0. The molecule has 0 aliphatic carbocycles. The highest BCUT2D eigenvalue weighted by molar-refractivity contribution is 5.91. The van der Waals surface area contributed by atoms with Gasteiger partial charge in [0.2, 0.25) is 0 Å². The van der Waals surface area contributed by atoms with Crippen LogP contribution in [0.15, 0.2) is 24.3 Å². The fourth-order valence-corrected chi connectivity index (χ4v) is 2.64. The molecule has 0 unspecified atom stereocenters. The van der Waals surface area contributed by atoms with Crippen LogP contribution < -0.4 is 5.73 Å². The maximum atomic E-state index is 13.0. The Hall–Kier alpha value is -2.43. The topological polar surface area (TPSA) is 56.7 Å². The zero-order valence-corrected chi connectivity index (χ0v) is 12.3. The molecule has 5 heteroatoms. The number of fused-ring (bicyclic) bond motifs is 1. The summed E-state index contributed by atoms with van der Waals surface area (Å²) in [6, 6.07) is 6.51. The molecule has 0 fully saturated rings. The summed E-state index contributed by atoms with van der Waals surface area (Å²) in [4.78, 5) is 8.77. The van der Waals surface area contributed by atoms with E-state index in [-0.39, 0.29) is 5.82 Å². The first-order chi connectivity index (χ1) is 9.97. The summed E-state index contributed by atoms with van der Waals surface area (Å²) in [5, 5.41) is 0.903. The van der Waals surface area contributed by atoms with E-state index in [0.717, 1.165) is 27.9 Å². The molecule has 2 heterocycles. The Bertz CT molecular complexity index is 819. The summed E-state index contributed by atoms with van der Waals surface area (Å²) < 4.78 is 15.1. The molecule has 0 atom stereocenters. The summed E-state index contributed by atoms with van der Waals surface area (Å²) in [6.45, 7) is 6.52. The highest BCUT2D eigenvalue weighted by Crippen LogP contribution is 2.28. The fraction of sp³-hybridized carbons (Fsp3) is 0.250. The zero-order valence-electron chi connectivity index (χ0n) is 12.3. The van der Waals surface area contributed by atoms with Crippen LogP contribution in [0.3, 0.4) is 0 Å². The monoisotopic (exact) mass is 284 g/mol. The smallest absolute Gasteiger partial charge is 0.146 e. The number of nitrogens with zero attached hydrogens (tertiary/aromatic N) is 3. The van der Waals surface area contributed by atoms with E-state index < -0.39 is 0 Å². The third-order valence-electron chi connectivity index (χ3n) is 3.86. The van der Waals surface area contributed by atoms with Crippen LogP contribution in [0, 0.1) is 26.6 Å². The standard InChI is InChI=1S/C16H17FN4/c1-9-10(2)21(8-12-4-6-13(17)7-5-12)16-14(9)15(18)19-11(3)20-16/h4-7H,8H2,1-3H3,(H2,18,19,20). The van der Waals surface area contributed by atoms with Crippen LogP contribution in [-0.2, 0) is 6.54 Å². The number of anilines is 1. The number of halogens is 1. The first-order valence-corrected chi connectivity index (χ1v) is 6.81. The number of aryl methyl sites for hydroxylation is 2. The van der Waals surface area contributed by atoms with Gasteiger partial charge in [0.1, 0.15) is 23.1 Å². The van der Waals surface area contributed by atoms with Crippen LogP contribution in [0.2, 0.25) is 0 Å². The van der Waals surface area contributed by atoms with E-state index in [1.807, 2.05) is 20.8 Å². The number of rotatable bonds is 2. The predicted octanol–water partition coefficient (Wildman–Crippen LogP) is 3.13. The van der Waals surface area contributed by atoms with E-state index in [1.165, 1.54) is 12.1 Å². The van der Waals surface area contributed by atoms with Crippen LogP contribution in [0.5, 0.6) is 0 Å². The molecule has 0 spiro atoms. The average Bonchev–Trinajstić information content (AvgIpc) is 2.66. The van der Waals surface area contributed by atoms with Crippen molar-refractivity contribution in [3.05, 3.63) is 52.7 Å². The van der Waals surface area contributed by atoms with Crippen LogP contribution in [0.4, 0.5) is 10.2 Å². The molecule has 0 aliphatic rings. The lowest BCUT2D eigenvalue weighted by atomic mass is 10.2. The number of aromatic nitrogens is 3. The van der Waals surface area contributed by atoms with E-state index in [2.05, 4.69) is 14.5 Å². The quantitative estimate of drug-likeness (QED) is 0.786. The van der Waals surface area contributed by atoms with Crippen molar-refractivity contribution in [2.24, 2.45) is 0 Å². The number of nitrogen functional groups attached to an aromatic ring is 1. The lowest BCUT2D eigenvalue weighted by Gasteiger charge is -2.08. The number of hydrogen-bond acceptors (Lipinski definition) is 3. The largest absolute Gasteiger partial charge is 0.383 e. The number of nitrogens with two attached hydrogens (primary N) is 1. The lowest BCUT2D eigenvalue weighted by molar-refractivity contribution is 0.626. The molecule has 0 radical (unpaired) electrons. The van der Waals surface area contributed by atoms with Gasteiger partial charge in [0, 0.05) is 12.2 Å². The van der Waals surface area contributed by atoms with Gasteiger partial charge in [0.25, 0.3) is 0 Å². The van der Waals surface area contributed by atoms with Gasteiger partial charge in [-0.05, 0) is 44.0 Å². The maximum Gasteiger partial charge on any atom is 0.146 e. The Morgan fingerprint density at radius 2 is 1.76 bits per heavy atom. The number of hydrogen-bond donors (Lipinski definition) is 1. The lowest BCUT2D eigenvalue weighted by Crippen LogP contribution is -2.04. The van der Waals surface area contributed by atoms with E-state index in [9.17, 15) is 4.39 Å². The zero-order chi connectivity index (χ0) is 15.1. The van der Waals surface area contributed by atoms with Crippen LogP contribution in [-0.4, -0.2) is 14.5 Å². The molecule has 21 heavy (non-hydrogen) atoms. The highest BCUT2D eigenvalue weighted by Gasteiger charge is 2.16. The molecular weight excluding hydrogens is 267 g/mol. The molecule has 3 aromatic rings. The summed E-state index contributed by atoms with van der Waals surface area (Å²) in [7, 11) is 0. The summed E-state index contributed by atoms with van der Waals surface area (Å²) in [5.41, 5.74) is 10.1. The second-order valence-electron chi connectivity index (χ2n) is 5.28. The van der Waals surface area contributed by atoms with Gasteiger partial charge in [-0.2, -0.15) is 0 Å². The van der Waals surface area contributed by atoms with Crippen molar-refractivity contribution in [2.75, 3.05) is 5.73 Å². The van der Waals surface area contributed by atoms with Gasteiger partial charge in [-0.1, -0.05) is 12.1 Å². The van der Waals surface area contributed by atoms with Crippen molar-refractivity contribution in [2.45, 2.75) is 27.3 Å². The first kappa shape index (κ1) is 13.5. The van der Waals surface area contributed by atoms with Gasteiger partial charge in [-0.25, -0.2) is 14.4 Å². The fourth-order valence-electron chi connectivity index (χ4n) is 2.64. The van der Waals surface area contributed by atoms with Crippen molar-refractivity contribution >= 4 is 16.9 Å². The van der Waals surface area contributed by atoms with Crippen LogP contribution >= 0.6 is 0 Å².